The molecule has 3 aromatic rings. The van der Waals surface area contributed by atoms with E-state index in [1.165, 1.54) is 23.8 Å². The van der Waals surface area contributed by atoms with Gasteiger partial charge in [0.05, 0.1) is 17.4 Å². The lowest BCUT2D eigenvalue weighted by molar-refractivity contribution is 0.0626. The molecule has 1 aliphatic heterocycles. The number of rotatable bonds is 7. The summed E-state index contributed by atoms with van der Waals surface area (Å²) in [4.78, 5) is 25.6. The lowest BCUT2D eigenvalue weighted by Gasteiger charge is -2.48. The van der Waals surface area contributed by atoms with Gasteiger partial charge in [-0.15, -0.1) is 0 Å². The van der Waals surface area contributed by atoms with Crippen molar-refractivity contribution in [3.8, 4) is 11.3 Å². The number of aryl methyl sites for hydroxylation is 1. The first-order chi connectivity index (χ1) is 20.6. The fourth-order valence-electron chi connectivity index (χ4n) is 6.69. The smallest absolute Gasteiger partial charge is 0.192 e. The first-order valence-electron chi connectivity index (χ1n) is 16.0. The Morgan fingerprint density at radius 3 is 2.30 bits per heavy atom. The lowest BCUT2D eigenvalue weighted by Crippen LogP contribution is -2.54. The van der Waals surface area contributed by atoms with Crippen LogP contribution in [0, 0.1) is 30.4 Å². The molecule has 1 fully saturated rings. The van der Waals surface area contributed by atoms with Gasteiger partial charge in [0.1, 0.15) is 17.3 Å². The molecule has 3 heterocycles. The second kappa shape index (κ2) is 12.1. The Kier molecular flexibility index (Phi) is 8.90. The highest BCUT2D eigenvalue weighted by molar-refractivity contribution is 6.74. The molecule has 0 N–H and O–H groups in total. The van der Waals surface area contributed by atoms with Crippen LogP contribution in [-0.4, -0.2) is 43.3 Å². The van der Waals surface area contributed by atoms with E-state index in [1.54, 1.807) is 19.1 Å². The zero-order valence-corrected chi connectivity index (χ0v) is 28.7. The summed E-state index contributed by atoms with van der Waals surface area (Å²) in [5.41, 5.74) is 5.12. The van der Waals surface area contributed by atoms with Gasteiger partial charge >= 0.3 is 0 Å². The van der Waals surface area contributed by atoms with Crippen LogP contribution in [0.25, 0.3) is 11.3 Å². The average Bonchev–Trinajstić information content (AvgIpc) is 3.31. The highest BCUT2D eigenvalue weighted by Gasteiger charge is 2.44. The van der Waals surface area contributed by atoms with Gasteiger partial charge in [-0.2, -0.15) is 0 Å². The topological polar surface area (TPSA) is 55.3 Å². The number of benzene rings is 1. The molecule has 1 aliphatic carbocycles. The van der Waals surface area contributed by atoms with Gasteiger partial charge < -0.3 is 9.33 Å². The van der Waals surface area contributed by atoms with Crippen molar-refractivity contribution in [3.05, 3.63) is 76.2 Å². The number of nitrogens with zero attached hydrogens (tertiary/aromatic N) is 3. The number of hydrogen-bond donors (Lipinski definition) is 0. The van der Waals surface area contributed by atoms with Gasteiger partial charge in [0.25, 0.3) is 0 Å². The summed E-state index contributed by atoms with van der Waals surface area (Å²) in [5.74, 6) is -0.594. The molecule has 44 heavy (non-hydrogen) atoms. The van der Waals surface area contributed by atoms with Gasteiger partial charge in [-0.1, -0.05) is 53.7 Å². The minimum absolute atomic E-state index is 0.114. The van der Waals surface area contributed by atoms with Gasteiger partial charge in [0, 0.05) is 42.7 Å². The monoisotopic (exact) mass is 619 g/mol. The van der Waals surface area contributed by atoms with E-state index in [9.17, 15) is 13.6 Å². The zero-order chi connectivity index (χ0) is 32.1. The van der Waals surface area contributed by atoms with Crippen LogP contribution in [0.4, 0.5) is 14.5 Å². The van der Waals surface area contributed by atoms with Gasteiger partial charge in [-0.05, 0) is 85.0 Å². The molecule has 2 unspecified atom stereocenters. The van der Waals surface area contributed by atoms with Crippen molar-refractivity contribution in [3.63, 3.8) is 0 Å². The summed E-state index contributed by atoms with van der Waals surface area (Å²) in [6.45, 7) is 21.7. The number of carbonyl (C=O) groups excluding carboxylic acids is 1. The fourth-order valence-corrected chi connectivity index (χ4v) is 8.19. The van der Waals surface area contributed by atoms with Gasteiger partial charge in [-0.3, -0.25) is 9.78 Å². The van der Waals surface area contributed by atoms with Crippen LogP contribution in [0.3, 0.4) is 0 Å². The summed E-state index contributed by atoms with van der Waals surface area (Å²) in [6.07, 6.45) is 4.14. The molecule has 0 radical (unpaired) electrons. The van der Waals surface area contributed by atoms with Crippen LogP contribution < -0.4 is 4.90 Å². The van der Waals surface area contributed by atoms with E-state index in [0.29, 0.717) is 23.3 Å². The van der Waals surface area contributed by atoms with Crippen molar-refractivity contribution in [2.45, 2.75) is 97.9 Å². The number of fused-ring (bicyclic) bond motifs is 1. The highest BCUT2D eigenvalue weighted by Crippen LogP contribution is 2.44. The van der Waals surface area contributed by atoms with Crippen molar-refractivity contribution >= 4 is 19.8 Å². The number of ketones is 1. The van der Waals surface area contributed by atoms with Crippen LogP contribution in [-0.2, 0) is 17.3 Å². The van der Waals surface area contributed by atoms with E-state index in [4.69, 9.17) is 9.41 Å². The molecule has 0 spiro atoms. The maximum Gasteiger partial charge on any atom is 0.192 e. The quantitative estimate of drug-likeness (QED) is 0.196. The molecule has 0 saturated carbocycles. The number of Topliss-reactive ketones (excluding diaryl/α,β-unsaturated/α-hetero) is 1. The number of anilines is 1. The summed E-state index contributed by atoms with van der Waals surface area (Å²) in [5, 5.41) is 0.140. The largest absolute Gasteiger partial charge is 0.413 e. The Morgan fingerprint density at radius 2 is 1.68 bits per heavy atom. The number of pyridine rings is 2. The Bertz CT molecular complexity index is 1540. The van der Waals surface area contributed by atoms with Crippen molar-refractivity contribution in [1.29, 1.82) is 0 Å². The minimum Gasteiger partial charge on any atom is -0.413 e. The molecule has 1 aromatic carbocycles. The molecule has 5 rings (SSSR count). The highest BCUT2D eigenvalue weighted by atomic mass is 28.4. The third kappa shape index (κ3) is 6.12. The lowest BCUT2D eigenvalue weighted by atomic mass is 9.87. The molecule has 2 aromatic heterocycles. The molecular weight excluding hydrogens is 572 g/mol. The Balaban J connectivity index is 1.47. The van der Waals surface area contributed by atoms with Crippen molar-refractivity contribution in [2.24, 2.45) is 11.8 Å². The molecule has 5 nitrogen and oxygen atoms in total. The minimum atomic E-state index is -1.94. The second-order valence-corrected chi connectivity index (χ2v) is 19.5. The summed E-state index contributed by atoms with van der Waals surface area (Å²) in [6, 6.07) is 7.10. The summed E-state index contributed by atoms with van der Waals surface area (Å²) in [7, 11) is -1.94. The van der Waals surface area contributed by atoms with Crippen LogP contribution in [0.2, 0.25) is 18.1 Å². The molecular formula is C36H47F2N3O2Si. The zero-order valence-electron chi connectivity index (χ0n) is 27.7. The van der Waals surface area contributed by atoms with Crippen LogP contribution in [0.15, 0.2) is 36.5 Å². The maximum atomic E-state index is 14.7. The third-order valence-electron chi connectivity index (χ3n) is 10.2. The Labute approximate surface area is 262 Å². The molecule has 236 valence electrons. The molecule has 1 saturated heterocycles. The first kappa shape index (κ1) is 32.4. The van der Waals surface area contributed by atoms with Crippen molar-refractivity contribution < 1.29 is 18.0 Å². The molecule has 2 aliphatic rings. The van der Waals surface area contributed by atoms with Crippen molar-refractivity contribution in [2.75, 3.05) is 18.0 Å². The molecule has 0 amide bonds. The standard InChI is InChI=1S/C36H47F2N3O2Si/c1-21-13-15-26-32(21)39-18-25(34(26)41-19-23(3)35(24(4)20-41)43-44(8,9)36(5,6)7)17-30(42)29-16-14-22(2)33(40-29)31-27(37)11-10-12-28(31)38/h10-12,14,16,18,21,23-24,35H,13,15,17,19-20H2,1-9H3/t21-,23+,24?,35?/m1/s1. The first-order valence-corrected chi connectivity index (χ1v) is 18.9. The predicted octanol–water partition coefficient (Wildman–Crippen LogP) is 8.69. The third-order valence-corrected chi connectivity index (χ3v) is 14.7. The van der Waals surface area contributed by atoms with E-state index in [-0.39, 0.29) is 40.3 Å². The molecule has 8 heteroatoms. The average molecular weight is 620 g/mol. The van der Waals surface area contributed by atoms with Crippen LogP contribution >= 0.6 is 0 Å². The number of hydrogen-bond acceptors (Lipinski definition) is 5. The van der Waals surface area contributed by atoms with Crippen LogP contribution in [0.1, 0.15) is 86.8 Å². The van der Waals surface area contributed by atoms with E-state index in [1.807, 2.05) is 6.20 Å². The fraction of sp³-hybridized carbons (Fsp3) is 0.528. The van der Waals surface area contributed by atoms with E-state index in [0.717, 1.165) is 42.9 Å². The van der Waals surface area contributed by atoms with Gasteiger partial charge in [0.15, 0.2) is 14.1 Å². The number of piperidine rings is 1. The predicted molar refractivity (Wildman–Crippen MR) is 176 cm³/mol. The summed E-state index contributed by atoms with van der Waals surface area (Å²) >= 11 is 0. The molecule has 0 bridgehead atoms. The maximum absolute atomic E-state index is 14.7. The second-order valence-electron chi connectivity index (χ2n) is 14.7. The van der Waals surface area contributed by atoms with E-state index >= 15 is 0 Å². The van der Waals surface area contributed by atoms with Crippen molar-refractivity contribution in [1.82, 2.24) is 9.97 Å². The number of aromatic nitrogens is 2. The SMILES string of the molecule is Cc1ccc(C(=O)Cc2cnc3c(c2N2CC(C)C(O[Si](C)(C)C(C)(C)C)[C@@H](C)C2)CC[C@H]3C)nc1-c1c(F)cccc1F. The molecule has 4 atom stereocenters. The Hall–Kier alpha value is -2.97. The Morgan fingerprint density at radius 1 is 1.05 bits per heavy atom. The normalized spacial score (nSPS) is 22.3. The summed E-state index contributed by atoms with van der Waals surface area (Å²) < 4.78 is 36.3. The number of carbonyl (C=O) groups is 1. The van der Waals surface area contributed by atoms with Gasteiger partial charge in [0.2, 0.25) is 0 Å². The van der Waals surface area contributed by atoms with E-state index < -0.39 is 20.0 Å². The van der Waals surface area contributed by atoms with Gasteiger partial charge in [-0.25, -0.2) is 13.8 Å². The van der Waals surface area contributed by atoms with Crippen LogP contribution in [0.5, 0.6) is 0 Å². The van der Waals surface area contributed by atoms with E-state index in [2.05, 4.69) is 64.5 Å². The number of halogens is 2.